The van der Waals surface area contributed by atoms with E-state index in [1.807, 2.05) is 6.92 Å². The van der Waals surface area contributed by atoms with Gasteiger partial charge in [0.05, 0.1) is 6.04 Å². The molecule has 0 bridgehead atoms. The second-order valence-corrected chi connectivity index (χ2v) is 6.85. The highest BCUT2D eigenvalue weighted by Gasteiger charge is 2.31. The van der Waals surface area contributed by atoms with Gasteiger partial charge in [0.1, 0.15) is 5.75 Å². The molecular formula is C20H24ClNO2. The average molecular weight is 346 g/mol. The van der Waals surface area contributed by atoms with E-state index < -0.39 is 5.60 Å². The molecule has 0 saturated carbocycles. The maximum atomic E-state index is 12.7. The third-order valence-electron chi connectivity index (χ3n) is 3.93. The number of carbonyl (C=O) groups excluding carboxylic acids is 1. The maximum absolute atomic E-state index is 12.7. The lowest BCUT2D eigenvalue weighted by Crippen LogP contribution is -2.47. The summed E-state index contributed by atoms with van der Waals surface area (Å²) >= 11 is 5.88. The molecule has 2 rings (SSSR count). The Hall–Kier alpha value is -2.00. The van der Waals surface area contributed by atoms with E-state index in [4.69, 9.17) is 16.3 Å². The van der Waals surface area contributed by atoms with Crippen LogP contribution >= 0.6 is 11.6 Å². The minimum absolute atomic E-state index is 0.0359. The van der Waals surface area contributed by atoms with E-state index in [-0.39, 0.29) is 11.9 Å². The zero-order valence-electron chi connectivity index (χ0n) is 14.6. The van der Waals surface area contributed by atoms with Gasteiger partial charge in [-0.25, -0.2) is 0 Å². The monoisotopic (exact) mass is 345 g/mol. The van der Waals surface area contributed by atoms with E-state index in [2.05, 4.69) is 36.5 Å². The first kappa shape index (κ1) is 18.3. The van der Waals surface area contributed by atoms with E-state index in [1.165, 1.54) is 5.56 Å². The average Bonchev–Trinajstić information content (AvgIpc) is 2.55. The van der Waals surface area contributed by atoms with Gasteiger partial charge in [-0.1, -0.05) is 48.4 Å². The zero-order valence-corrected chi connectivity index (χ0v) is 15.4. The Kier molecular flexibility index (Phi) is 5.89. The number of carbonyl (C=O) groups is 1. The predicted molar refractivity (Wildman–Crippen MR) is 98.5 cm³/mol. The van der Waals surface area contributed by atoms with Crippen LogP contribution in [0.15, 0.2) is 48.5 Å². The summed E-state index contributed by atoms with van der Waals surface area (Å²) in [6, 6.07) is 15.2. The Morgan fingerprint density at radius 1 is 1.12 bits per heavy atom. The van der Waals surface area contributed by atoms with Crippen LogP contribution < -0.4 is 10.1 Å². The van der Waals surface area contributed by atoms with Crippen LogP contribution in [0, 0.1) is 6.92 Å². The minimum atomic E-state index is -0.980. The van der Waals surface area contributed by atoms with Crippen molar-refractivity contribution in [1.29, 1.82) is 0 Å². The Morgan fingerprint density at radius 3 is 2.25 bits per heavy atom. The highest BCUT2D eigenvalue weighted by Crippen LogP contribution is 2.23. The lowest BCUT2D eigenvalue weighted by Gasteiger charge is -2.28. The zero-order chi connectivity index (χ0) is 17.7. The molecule has 0 unspecified atom stereocenters. The van der Waals surface area contributed by atoms with Crippen molar-refractivity contribution in [3.05, 3.63) is 64.7 Å². The molecule has 2 aromatic carbocycles. The van der Waals surface area contributed by atoms with Crippen LogP contribution in [0.3, 0.4) is 0 Å². The largest absolute Gasteiger partial charge is 0.478 e. The molecule has 24 heavy (non-hydrogen) atoms. The van der Waals surface area contributed by atoms with Crippen molar-refractivity contribution in [2.24, 2.45) is 0 Å². The van der Waals surface area contributed by atoms with Crippen LogP contribution in [0.4, 0.5) is 0 Å². The van der Waals surface area contributed by atoms with Crippen molar-refractivity contribution in [2.75, 3.05) is 0 Å². The quantitative estimate of drug-likeness (QED) is 0.793. The first-order valence-electron chi connectivity index (χ1n) is 8.14. The first-order valence-corrected chi connectivity index (χ1v) is 8.51. The van der Waals surface area contributed by atoms with Crippen molar-refractivity contribution in [2.45, 2.75) is 45.8 Å². The van der Waals surface area contributed by atoms with Gasteiger partial charge < -0.3 is 10.1 Å². The lowest BCUT2D eigenvalue weighted by molar-refractivity contribution is -0.135. The van der Waals surface area contributed by atoms with Gasteiger partial charge in [0.2, 0.25) is 0 Å². The van der Waals surface area contributed by atoms with Crippen molar-refractivity contribution < 1.29 is 9.53 Å². The smallest absolute Gasteiger partial charge is 0.264 e. The van der Waals surface area contributed by atoms with E-state index in [9.17, 15) is 4.79 Å². The van der Waals surface area contributed by atoms with Crippen LogP contribution in [0.5, 0.6) is 5.75 Å². The predicted octanol–water partition coefficient (Wildman–Crippen LogP) is 5.07. The van der Waals surface area contributed by atoms with Gasteiger partial charge in [0.15, 0.2) is 5.60 Å². The molecule has 4 heteroatoms. The van der Waals surface area contributed by atoms with Crippen molar-refractivity contribution >= 4 is 17.5 Å². The molecule has 0 aromatic heterocycles. The normalized spacial score (nSPS) is 12.5. The number of nitrogens with one attached hydrogen (secondary N) is 1. The molecular weight excluding hydrogens is 322 g/mol. The van der Waals surface area contributed by atoms with Gasteiger partial charge in [-0.3, -0.25) is 4.79 Å². The number of halogens is 1. The summed E-state index contributed by atoms with van der Waals surface area (Å²) in [7, 11) is 0. The number of amides is 1. The number of hydrogen-bond acceptors (Lipinski definition) is 2. The van der Waals surface area contributed by atoms with Gasteiger partial charge in [-0.15, -0.1) is 0 Å². The number of ether oxygens (including phenoxy) is 1. The SMILES string of the molecule is CC[C@@H](NC(=O)C(C)(C)Oc1ccc(Cl)cc1)c1ccc(C)cc1. The molecule has 0 radical (unpaired) electrons. The van der Waals surface area contributed by atoms with Gasteiger partial charge in [0, 0.05) is 5.02 Å². The highest BCUT2D eigenvalue weighted by atomic mass is 35.5. The van der Waals surface area contributed by atoms with Crippen LogP contribution in [0.25, 0.3) is 0 Å². The fraction of sp³-hybridized carbons (Fsp3) is 0.350. The third-order valence-corrected chi connectivity index (χ3v) is 4.18. The molecule has 1 atom stereocenters. The van der Waals surface area contributed by atoms with Crippen LogP contribution in [0.2, 0.25) is 5.02 Å². The van der Waals surface area contributed by atoms with Crippen LogP contribution in [-0.4, -0.2) is 11.5 Å². The summed E-state index contributed by atoms with van der Waals surface area (Å²) in [5.41, 5.74) is 1.32. The molecule has 128 valence electrons. The Labute approximate surface area is 149 Å². The first-order chi connectivity index (χ1) is 11.3. The van der Waals surface area contributed by atoms with Gasteiger partial charge in [-0.05, 0) is 57.0 Å². The van der Waals surface area contributed by atoms with E-state index in [0.717, 1.165) is 12.0 Å². The summed E-state index contributed by atoms with van der Waals surface area (Å²) in [6.07, 6.45) is 0.811. The molecule has 1 N–H and O–H groups in total. The summed E-state index contributed by atoms with van der Waals surface area (Å²) in [6.45, 7) is 7.63. The number of aryl methyl sites for hydroxylation is 1. The summed E-state index contributed by atoms with van der Waals surface area (Å²) in [4.78, 5) is 12.7. The Morgan fingerprint density at radius 2 is 1.71 bits per heavy atom. The molecule has 2 aromatic rings. The lowest BCUT2D eigenvalue weighted by atomic mass is 10.0. The summed E-state index contributed by atoms with van der Waals surface area (Å²) in [5, 5.41) is 3.72. The molecule has 0 aliphatic heterocycles. The van der Waals surface area contributed by atoms with Crippen molar-refractivity contribution in [3.63, 3.8) is 0 Å². The second-order valence-electron chi connectivity index (χ2n) is 6.41. The molecule has 0 saturated heterocycles. The molecule has 1 amide bonds. The second kappa shape index (κ2) is 7.71. The fourth-order valence-corrected chi connectivity index (χ4v) is 2.52. The standard InChI is InChI=1S/C20H24ClNO2/c1-5-18(15-8-6-14(2)7-9-15)22-19(23)20(3,4)24-17-12-10-16(21)11-13-17/h6-13,18H,5H2,1-4H3,(H,22,23)/t18-/m1/s1. The van der Waals surface area contributed by atoms with Gasteiger partial charge in [-0.2, -0.15) is 0 Å². The maximum Gasteiger partial charge on any atom is 0.264 e. The molecule has 0 aliphatic carbocycles. The summed E-state index contributed by atoms with van der Waals surface area (Å²) < 4.78 is 5.85. The van der Waals surface area contributed by atoms with Crippen LogP contribution in [0.1, 0.15) is 44.4 Å². The minimum Gasteiger partial charge on any atom is -0.478 e. The van der Waals surface area contributed by atoms with Gasteiger partial charge >= 0.3 is 0 Å². The molecule has 0 aliphatic rings. The van der Waals surface area contributed by atoms with Crippen molar-refractivity contribution in [3.8, 4) is 5.75 Å². The van der Waals surface area contributed by atoms with Gasteiger partial charge in [0.25, 0.3) is 5.91 Å². The topological polar surface area (TPSA) is 38.3 Å². The van der Waals surface area contributed by atoms with E-state index in [0.29, 0.717) is 10.8 Å². The molecule has 0 fully saturated rings. The Balaban J connectivity index is 2.07. The number of hydrogen-bond donors (Lipinski definition) is 1. The molecule has 0 spiro atoms. The number of benzene rings is 2. The third kappa shape index (κ3) is 4.75. The highest BCUT2D eigenvalue weighted by molar-refractivity contribution is 6.30. The number of rotatable bonds is 6. The van der Waals surface area contributed by atoms with Crippen LogP contribution in [-0.2, 0) is 4.79 Å². The van der Waals surface area contributed by atoms with E-state index in [1.54, 1.807) is 38.1 Å². The van der Waals surface area contributed by atoms with Crippen molar-refractivity contribution in [1.82, 2.24) is 5.32 Å². The fourth-order valence-electron chi connectivity index (χ4n) is 2.40. The molecule has 0 heterocycles. The Bertz CT molecular complexity index is 678. The van der Waals surface area contributed by atoms with E-state index >= 15 is 0 Å². The molecule has 3 nitrogen and oxygen atoms in total. The summed E-state index contributed by atoms with van der Waals surface area (Å²) in [5.74, 6) is 0.466.